The molecule has 0 unspecified atom stereocenters. The van der Waals surface area contributed by atoms with Crippen molar-refractivity contribution >= 4 is 0 Å². The van der Waals surface area contributed by atoms with E-state index < -0.39 is 0 Å². The Kier molecular flexibility index (Phi) is 3.90. The summed E-state index contributed by atoms with van der Waals surface area (Å²) in [5.41, 5.74) is 6.11. The molecule has 0 spiro atoms. The number of aryl methyl sites for hydroxylation is 2. The summed E-state index contributed by atoms with van der Waals surface area (Å²) in [6.45, 7) is 4.55. The molecule has 3 aromatic heterocycles. The van der Waals surface area contributed by atoms with E-state index in [-0.39, 0.29) is 0 Å². The Balaban J connectivity index is 1.62. The average molecular weight is 330 g/mol. The van der Waals surface area contributed by atoms with Crippen molar-refractivity contribution in [1.29, 1.82) is 0 Å². The third-order valence-electron chi connectivity index (χ3n) is 4.08. The van der Waals surface area contributed by atoms with Crippen molar-refractivity contribution in [2.24, 2.45) is 0 Å². The summed E-state index contributed by atoms with van der Waals surface area (Å²) >= 11 is 0. The Morgan fingerprint density at radius 1 is 1.00 bits per heavy atom. The highest BCUT2D eigenvalue weighted by atomic mass is 16.5. The van der Waals surface area contributed by atoms with Gasteiger partial charge in [0.1, 0.15) is 11.5 Å². The molecule has 0 amide bonds. The maximum Gasteiger partial charge on any atom is 0.133 e. The zero-order valence-electron chi connectivity index (χ0n) is 14.2. The zero-order chi connectivity index (χ0) is 17.2. The van der Waals surface area contributed by atoms with Gasteiger partial charge < -0.3 is 4.52 Å². The van der Waals surface area contributed by atoms with Crippen LogP contribution in [0.25, 0.3) is 22.5 Å². The molecule has 0 radical (unpaired) electrons. The van der Waals surface area contributed by atoms with E-state index in [1.54, 1.807) is 0 Å². The molecule has 5 nitrogen and oxygen atoms in total. The fraction of sp³-hybridized carbons (Fsp3) is 0.150. The van der Waals surface area contributed by atoms with Gasteiger partial charge in [-0.15, -0.1) is 0 Å². The van der Waals surface area contributed by atoms with Crippen LogP contribution in [-0.4, -0.2) is 19.9 Å². The Bertz CT molecular complexity index is 1020. The van der Waals surface area contributed by atoms with Crippen LogP contribution in [0.3, 0.4) is 0 Å². The first kappa shape index (κ1) is 15.3. The minimum Gasteiger partial charge on any atom is -0.361 e. The predicted molar refractivity (Wildman–Crippen MR) is 96.0 cm³/mol. The highest BCUT2D eigenvalue weighted by Gasteiger charge is 2.08. The van der Waals surface area contributed by atoms with Gasteiger partial charge in [-0.2, -0.15) is 5.10 Å². The van der Waals surface area contributed by atoms with Crippen LogP contribution >= 0.6 is 0 Å². The Hall–Kier alpha value is -3.21. The van der Waals surface area contributed by atoms with Crippen molar-refractivity contribution in [3.8, 4) is 22.5 Å². The van der Waals surface area contributed by atoms with E-state index in [9.17, 15) is 0 Å². The predicted octanol–water partition coefficient (Wildman–Crippen LogP) is 4.27. The molecule has 0 bridgehead atoms. The van der Waals surface area contributed by atoms with Gasteiger partial charge in [-0.3, -0.25) is 9.67 Å². The summed E-state index contributed by atoms with van der Waals surface area (Å²) in [5, 5.41) is 8.67. The second-order valence-corrected chi connectivity index (χ2v) is 6.08. The number of hydrogen-bond donors (Lipinski definition) is 0. The third-order valence-corrected chi connectivity index (χ3v) is 4.08. The molecule has 0 aliphatic rings. The molecule has 0 N–H and O–H groups in total. The molecule has 3 heterocycles. The van der Waals surface area contributed by atoms with E-state index in [0.29, 0.717) is 6.54 Å². The van der Waals surface area contributed by atoms with Gasteiger partial charge in [-0.1, -0.05) is 29.4 Å². The number of nitrogens with zero attached hydrogens (tertiary/aromatic N) is 4. The number of benzene rings is 1. The molecule has 0 saturated heterocycles. The molecular weight excluding hydrogens is 312 g/mol. The fourth-order valence-electron chi connectivity index (χ4n) is 2.88. The van der Waals surface area contributed by atoms with Crippen LogP contribution in [0.5, 0.6) is 0 Å². The van der Waals surface area contributed by atoms with Gasteiger partial charge in [0.2, 0.25) is 0 Å². The fourth-order valence-corrected chi connectivity index (χ4v) is 2.88. The Morgan fingerprint density at radius 3 is 2.68 bits per heavy atom. The minimum absolute atomic E-state index is 0.594. The van der Waals surface area contributed by atoms with Gasteiger partial charge in [-0.05, 0) is 37.6 Å². The van der Waals surface area contributed by atoms with Gasteiger partial charge in [0.15, 0.2) is 0 Å². The molecule has 0 saturated carbocycles. The van der Waals surface area contributed by atoms with Crippen molar-refractivity contribution in [1.82, 2.24) is 19.9 Å². The van der Waals surface area contributed by atoms with E-state index in [1.807, 2.05) is 48.3 Å². The molecule has 0 atom stereocenters. The summed E-state index contributed by atoms with van der Waals surface area (Å²) in [5.74, 6) is 0.806. The molecule has 124 valence electrons. The number of pyridine rings is 1. The highest BCUT2D eigenvalue weighted by Crippen LogP contribution is 2.26. The lowest BCUT2D eigenvalue weighted by atomic mass is 10.0. The monoisotopic (exact) mass is 330 g/mol. The van der Waals surface area contributed by atoms with Crippen molar-refractivity contribution < 1.29 is 4.52 Å². The van der Waals surface area contributed by atoms with Crippen LogP contribution in [0.4, 0.5) is 0 Å². The van der Waals surface area contributed by atoms with Gasteiger partial charge in [0.05, 0.1) is 17.9 Å². The topological polar surface area (TPSA) is 56.7 Å². The third kappa shape index (κ3) is 3.21. The Morgan fingerprint density at radius 2 is 1.88 bits per heavy atom. The molecule has 25 heavy (non-hydrogen) atoms. The SMILES string of the molecule is Cc1cc(Cn2ccc(-c3cccc(-c4ncccc4C)c3)n2)no1. The normalized spacial score (nSPS) is 11.0. The maximum atomic E-state index is 5.11. The second-order valence-electron chi connectivity index (χ2n) is 6.08. The molecule has 0 aliphatic carbocycles. The zero-order valence-corrected chi connectivity index (χ0v) is 14.2. The van der Waals surface area contributed by atoms with Crippen molar-refractivity contribution in [2.45, 2.75) is 20.4 Å². The standard InChI is InChI=1S/C20H18N4O/c1-14-5-4-9-21-20(14)17-7-3-6-16(12-17)19-8-10-24(22-19)13-18-11-15(2)25-23-18/h3-12H,13H2,1-2H3. The summed E-state index contributed by atoms with van der Waals surface area (Å²) in [6, 6.07) is 16.3. The van der Waals surface area contributed by atoms with Gasteiger partial charge in [0, 0.05) is 29.6 Å². The van der Waals surface area contributed by atoms with Gasteiger partial charge >= 0.3 is 0 Å². The average Bonchev–Trinajstić information content (AvgIpc) is 3.25. The quantitative estimate of drug-likeness (QED) is 0.561. The highest BCUT2D eigenvalue weighted by molar-refractivity contribution is 5.70. The van der Waals surface area contributed by atoms with Crippen molar-refractivity contribution in [3.05, 3.63) is 77.9 Å². The van der Waals surface area contributed by atoms with E-state index in [1.165, 1.54) is 0 Å². The number of hydrogen-bond acceptors (Lipinski definition) is 4. The van der Waals surface area contributed by atoms with Crippen LogP contribution in [0.1, 0.15) is 17.0 Å². The largest absolute Gasteiger partial charge is 0.361 e. The van der Waals surface area contributed by atoms with Crippen molar-refractivity contribution in [3.63, 3.8) is 0 Å². The number of aromatic nitrogens is 4. The van der Waals surface area contributed by atoms with E-state index in [2.05, 4.69) is 46.4 Å². The summed E-state index contributed by atoms with van der Waals surface area (Å²) in [6.07, 6.45) is 3.78. The molecule has 0 aliphatic heterocycles. The lowest BCUT2D eigenvalue weighted by Gasteiger charge is -2.06. The molecule has 1 aromatic carbocycles. The molecular formula is C20H18N4O. The summed E-state index contributed by atoms with van der Waals surface area (Å²) < 4.78 is 6.97. The summed E-state index contributed by atoms with van der Waals surface area (Å²) in [4.78, 5) is 4.50. The van der Waals surface area contributed by atoms with E-state index in [4.69, 9.17) is 4.52 Å². The smallest absolute Gasteiger partial charge is 0.133 e. The second kappa shape index (κ2) is 6.36. The van der Waals surface area contributed by atoms with Crippen LogP contribution in [-0.2, 0) is 6.54 Å². The molecule has 4 rings (SSSR count). The lowest BCUT2D eigenvalue weighted by molar-refractivity contribution is 0.388. The summed E-state index contributed by atoms with van der Waals surface area (Å²) in [7, 11) is 0. The molecule has 5 heteroatoms. The maximum absolute atomic E-state index is 5.11. The van der Waals surface area contributed by atoms with Crippen molar-refractivity contribution in [2.75, 3.05) is 0 Å². The van der Waals surface area contributed by atoms with Crippen LogP contribution in [0.15, 0.2) is 65.4 Å². The van der Waals surface area contributed by atoms with Crippen LogP contribution < -0.4 is 0 Å². The molecule has 4 aromatic rings. The number of rotatable bonds is 4. The van der Waals surface area contributed by atoms with E-state index in [0.717, 1.165) is 39.5 Å². The van der Waals surface area contributed by atoms with E-state index >= 15 is 0 Å². The van der Waals surface area contributed by atoms with Crippen LogP contribution in [0, 0.1) is 13.8 Å². The Labute approximate surface area is 145 Å². The first-order valence-electron chi connectivity index (χ1n) is 8.17. The first-order valence-corrected chi connectivity index (χ1v) is 8.17. The van der Waals surface area contributed by atoms with Crippen LogP contribution in [0.2, 0.25) is 0 Å². The minimum atomic E-state index is 0.594. The lowest BCUT2D eigenvalue weighted by Crippen LogP contribution is -2.00. The molecule has 0 fully saturated rings. The first-order chi connectivity index (χ1) is 12.2. The van der Waals surface area contributed by atoms with Gasteiger partial charge in [0.25, 0.3) is 0 Å². The van der Waals surface area contributed by atoms with Gasteiger partial charge in [-0.25, -0.2) is 0 Å².